The Kier molecular flexibility index (Phi) is 8.43. The van der Waals surface area contributed by atoms with Crippen LogP contribution in [0.4, 0.5) is 0 Å². The fraction of sp³-hybridized carbons (Fsp3) is 0.281. The lowest BCUT2D eigenvalue weighted by molar-refractivity contribution is -0.147. The fourth-order valence-electron chi connectivity index (χ4n) is 5.42. The summed E-state index contributed by atoms with van der Waals surface area (Å²) in [6, 6.07) is 31.4. The van der Waals surface area contributed by atoms with E-state index in [1.165, 1.54) is 15.9 Å². The van der Waals surface area contributed by atoms with E-state index in [2.05, 4.69) is 103 Å². The van der Waals surface area contributed by atoms with Gasteiger partial charge in [0.2, 0.25) is 14.2 Å². The maximum atomic E-state index is 14.0. The number of β-lactam (4-membered cyclic amide) rings is 1. The van der Waals surface area contributed by atoms with Gasteiger partial charge in [-0.25, -0.2) is 4.79 Å². The predicted octanol–water partition coefficient (Wildman–Crippen LogP) is 5.12. The average Bonchev–Trinajstić information content (AvgIpc) is 2.94. The van der Waals surface area contributed by atoms with Crippen molar-refractivity contribution in [3.05, 3.63) is 102 Å². The second kappa shape index (κ2) is 11.6. The summed E-state index contributed by atoms with van der Waals surface area (Å²) in [4.78, 5) is 33.0. The van der Waals surface area contributed by atoms with Crippen molar-refractivity contribution >= 4 is 68.8 Å². The number of thioether (sulfide) groups is 1. The molecule has 214 valence electrons. The van der Waals surface area contributed by atoms with Crippen LogP contribution in [0.15, 0.2) is 102 Å². The first-order chi connectivity index (χ1) is 19.4. The highest BCUT2D eigenvalue weighted by Crippen LogP contribution is 2.48. The summed E-state index contributed by atoms with van der Waals surface area (Å²) in [7, 11) is -3.95. The Hall–Kier alpha value is -2.62. The number of nitrogens with zero attached hydrogens (tertiary/aromatic N) is 1. The number of carbonyl (C=O) groups is 2. The summed E-state index contributed by atoms with van der Waals surface area (Å²) >= 11 is 1.74. The first-order valence-corrected chi connectivity index (χ1v) is 23.8. The summed E-state index contributed by atoms with van der Waals surface area (Å²) in [5, 5.41) is 3.47. The number of nitrogens with one attached hydrogen (secondary N) is 1. The van der Waals surface area contributed by atoms with Crippen LogP contribution in [-0.2, 0) is 14.0 Å². The second-order valence-electron chi connectivity index (χ2n) is 12.5. The highest BCUT2D eigenvalue weighted by atomic mass is 32.2. The van der Waals surface area contributed by atoms with Crippen molar-refractivity contribution < 1.29 is 14.0 Å². The molecule has 0 spiro atoms. The molecule has 2 aliphatic rings. The first-order valence-electron chi connectivity index (χ1n) is 14.0. The van der Waals surface area contributed by atoms with Gasteiger partial charge >= 0.3 is 5.97 Å². The molecular weight excluding hydrogens is 580 g/mol. The number of fused-ring (bicyclic) bond motifs is 1. The van der Waals surface area contributed by atoms with Gasteiger partial charge in [0.15, 0.2) is 0 Å². The van der Waals surface area contributed by atoms with E-state index in [9.17, 15) is 9.59 Å². The van der Waals surface area contributed by atoms with Gasteiger partial charge in [0.25, 0.3) is 0 Å². The molecule has 0 bridgehead atoms. The lowest BCUT2D eigenvalue weighted by Gasteiger charge is -2.51. The maximum absolute atomic E-state index is 14.0. The monoisotopic (exact) mass is 618 g/mol. The molecule has 3 aromatic rings. The summed E-state index contributed by atoms with van der Waals surface area (Å²) in [5.74, 6) is 2.53. The number of carbonyl (C=O) groups excluding carboxylic acids is 2. The van der Waals surface area contributed by atoms with E-state index in [1.54, 1.807) is 16.7 Å². The minimum atomic E-state index is -2.38. The molecule has 5 nitrogen and oxygen atoms in total. The molecular formula is C32H39N2O3PSSi2. The number of hydrogen-bond acceptors (Lipinski definition) is 5. The van der Waals surface area contributed by atoms with E-state index in [1.807, 2.05) is 37.8 Å². The Balaban J connectivity index is 1.79. The summed E-state index contributed by atoms with van der Waals surface area (Å²) in [5.41, 5.74) is 1.29. The van der Waals surface area contributed by atoms with Crippen LogP contribution in [0.1, 0.15) is 0 Å². The van der Waals surface area contributed by atoms with Gasteiger partial charge in [0, 0.05) is 5.75 Å². The van der Waals surface area contributed by atoms with Crippen molar-refractivity contribution in [2.24, 2.45) is 0 Å². The topological polar surface area (TPSA) is 58.6 Å². The minimum absolute atomic E-state index is 0.0406. The van der Waals surface area contributed by atoms with Gasteiger partial charge in [-0.3, -0.25) is 9.69 Å². The molecule has 1 fully saturated rings. The Labute approximate surface area is 250 Å². The molecule has 0 radical (unpaired) electrons. The van der Waals surface area contributed by atoms with E-state index >= 15 is 0 Å². The van der Waals surface area contributed by atoms with Crippen LogP contribution in [-0.4, -0.2) is 56.3 Å². The normalized spacial score (nSPS) is 19.4. The standard InChI is InChI=1S/C32H39N2O3PSSi2/c1-40(2,3)33-28-30(35)34-29(32(36)37-41(4,5)6)24(23-39-31(28)34)22-38(25-16-10-7-11-17-25,26-18-12-8-13-19-26)27-20-14-9-15-21-27/h7-22,28,31,33H,23H2,1-6H3/t28?,31-/m0/s1. The molecule has 2 atom stereocenters. The molecule has 0 aromatic heterocycles. The van der Waals surface area contributed by atoms with Crippen LogP contribution in [0.3, 0.4) is 0 Å². The Morgan fingerprint density at radius 2 is 1.32 bits per heavy atom. The van der Waals surface area contributed by atoms with Crippen LogP contribution in [0, 0.1) is 0 Å². The SMILES string of the molecule is C[Si](C)(C)NC1C(=O)N2C(C(=O)O[Si](C)(C)C)=C(C=P(c3ccccc3)(c3ccccc3)c3ccccc3)CS[C@@H]12. The zero-order chi connectivity index (χ0) is 29.4. The van der Waals surface area contributed by atoms with Gasteiger partial charge in [0.1, 0.15) is 25.3 Å². The van der Waals surface area contributed by atoms with Crippen molar-refractivity contribution in [1.29, 1.82) is 0 Å². The van der Waals surface area contributed by atoms with Gasteiger partial charge in [-0.05, 0) is 53.8 Å². The van der Waals surface area contributed by atoms with Crippen molar-refractivity contribution in [3.8, 4) is 0 Å². The molecule has 9 heteroatoms. The quantitative estimate of drug-likeness (QED) is 0.216. The Morgan fingerprint density at radius 1 is 0.854 bits per heavy atom. The van der Waals surface area contributed by atoms with Crippen LogP contribution >= 0.6 is 18.6 Å². The van der Waals surface area contributed by atoms with Crippen LogP contribution < -0.4 is 20.9 Å². The van der Waals surface area contributed by atoms with E-state index in [0.29, 0.717) is 11.4 Å². The molecule has 2 heterocycles. The lowest BCUT2D eigenvalue weighted by Crippen LogP contribution is -2.73. The van der Waals surface area contributed by atoms with Crippen LogP contribution in [0.5, 0.6) is 0 Å². The molecule has 0 aliphatic carbocycles. The third-order valence-electron chi connectivity index (χ3n) is 7.02. The minimum Gasteiger partial charge on any atom is -0.515 e. The smallest absolute Gasteiger partial charge is 0.342 e. The zero-order valence-corrected chi connectivity index (χ0v) is 28.3. The predicted molar refractivity (Wildman–Crippen MR) is 181 cm³/mol. The Bertz CT molecular complexity index is 1410. The highest BCUT2D eigenvalue weighted by Gasteiger charge is 2.54. The van der Waals surface area contributed by atoms with Crippen molar-refractivity contribution in [2.75, 3.05) is 5.75 Å². The van der Waals surface area contributed by atoms with Crippen LogP contribution in [0.2, 0.25) is 39.3 Å². The summed E-state index contributed by atoms with van der Waals surface area (Å²) in [6.07, 6.45) is 0. The molecule has 41 heavy (non-hydrogen) atoms. The number of benzene rings is 3. The third-order valence-corrected chi connectivity index (χ3v) is 14.3. The van der Waals surface area contributed by atoms with Gasteiger partial charge in [0.05, 0.1) is 0 Å². The van der Waals surface area contributed by atoms with Gasteiger partial charge in [-0.2, -0.15) is 0 Å². The average molecular weight is 619 g/mol. The lowest BCUT2D eigenvalue weighted by atomic mass is 10.0. The molecule has 1 N–H and O–H groups in total. The third kappa shape index (κ3) is 6.13. The van der Waals surface area contributed by atoms with Gasteiger partial charge < -0.3 is 9.41 Å². The summed E-state index contributed by atoms with van der Waals surface area (Å²) < 4.78 is 6.10. The number of rotatable bonds is 8. The fourth-order valence-corrected chi connectivity index (χ4v) is 12.8. The molecule has 0 saturated carbocycles. The van der Waals surface area contributed by atoms with Gasteiger partial charge in [-0.15, -0.1) is 11.8 Å². The highest BCUT2D eigenvalue weighted by molar-refractivity contribution is 8.00. The van der Waals surface area contributed by atoms with E-state index in [-0.39, 0.29) is 23.3 Å². The van der Waals surface area contributed by atoms with E-state index in [4.69, 9.17) is 4.43 Å². The van der Waals surface area contributed by atoms with Crippen molar-refractivity contribution in [2.45, 2.75) is 50.7 Å². The largest absolute Gasteiger partial charge is 0.515 e. The van der Waals surface area contributed by atoms with E-state index in [0.717, 1.165) is 5.57 Å². The molecule has 1 unspecified atom stereocenters. The van der Waals surface area contributed by atoms with Crippen LogP contribution in [0.25, 0.3) is 0 Å². The molecule has 5 rings (SSSR count). The molecule has 2 aliphatic heterocycles. The number of amides is 1. The number of hydrogen-bond donors (Lipinski definition) is 1. The first kappa shape index (κ1) is 29.9. The maximum Gasteiger partial charge on any atom is 0.342 e. The van der Waals surface area contributed by atoms with Crippen molar-refractivity contribution in [3.63, 3.8) is 0 Å². The van der Waals surface area contributed by atoms with Gasteiger partial charge in [-0.1, -0.05) is 111 Å². The zero-order valence-electron chi connectivity index (χ0n) is 24.6. The van der Waals surface area contributed by atoms with Crippen molar-refractivity contribution in [1.82, 2.24) is 9.88 Å². The molecule has 1 saturated heterocycles. The van der Waals surface area contributed by atoms with E-state index < -0.39 is 23.4 Å². The molecule has 3 aromatic carbocycles. The summed E-state index contributed by atoms with van der Waals surface area (Å²) in [6.45, 7) is 10.2. The second-order valence-corrected chi connectivity index (χ2v) is 26.1. The molecule has 1 amide bonds. The Morgan fingerprint density at radius 3 is 1.73 bits per heavy atom.